The van der Waals surface area contributed by atoms with Crippen molar-refractivity contribution < 1.29 is 14.3 Å². The molecule has 0 saturated heterocycles. The van der Waals surface area contributed by atoms with E-state index in [1.165, 1.54) is 0 Å². The van der Waals surface area contributed by atoms with Gasteiger partial charge in [0.2, 0.25) is 0 Å². The first kappa shape index (κ1) is 14.4. The maximum atomic E-state index is 11.1. The average molecular weight is 253 g/mol. The van der Waals surface area contributed by atoms with Gasteiger partial charge in [0, 0.05) is 26.5 Å². The number of ether oxygens (including phenoxy) is 2. The molecule has 3 N–H and O–H groups in total. The normalized spacial score (nSPS) is 10.3. The lowest BCUT2D eigenvalue weighted by Crippen LogP contribution is -2.16. The van der Waals surface area contributed by atoms with Crippen molar-refractivity contribution in [1.82, 2.24) is 4.98 Å². The van der Waals surface area contributed by atoms with Crippen molar-refractivity contribution in [3.63, 3.8) is 0 Å². The summed E-state index contributed by atoms with van der Waals surface area (Å²) in [4.78, 5) is 15.2. The number of pyridine rings is 1. The highest BCUT2D eigenvalue weighted by molar-refractivity contribution is 5.97. The third kappa shape index (κ3) is 5.11. The number of nitrogens with two attached hydrogens (primary N) is 1. The predicted octanol–water partition coefficient (Wildman–Crippen LogP) is 0.645. The first-order chi connectivity index (χ1) is 8.75. The smallest absolute Gasteiger partial charge is 0.252 e. The lowest BCUT2D eigenvalue weighted by atomic mass is 10.2. The van der Waals surface area contributed by atoms with E-state index in [0.29, 0.717) is 37.7 Å². The molecule has 0 spiro atoms. The highest BCUT2D eigenvalue weighted by atomic mass is 16.5. The van der Waals surface area contributed by atoms with Crippen LogP contribution in [0.1, 0.15) is 16.8 Å². The summed E-state index contributed by atoms with van der Waals surface area (Å²) >= 11 is 0. The fourth-order valence-corrected chi connectivity index (χ4v) is 1.37. The summed E-state index contributed by atoms with van der Waals surface area (Å²) in [5.74, 6) is 0.0313. The maximum absolute atomic E-state index is 11.1. The molecule has 0 aromatic carbocycles. The van der Waals surface area contributed by atoms with Crippen LogP contribution in [0.4, 0.5) is 5.82 Å². The van der Waals surface area contributed by atoms with E-state index >= 15 is 0 Å². The second kappa shape index (κ2) is 8.43. The summed E-state index contributed by atoms with van der Waals surface area (Å²) in [5.41, 5.74) is 5.64. The molecule has 6 nitrogen and oxygen atoms in total. The fraction of sp³-hybridized carbons (Fsp3) is 0.500. The topological polar surface area (TPSA) is 86.5 Å². The van der Waals surface area contributed by atoms with Crippen molar-refractivity contribution >= 4 is 11.7 Å². The van der Waals surface area contributed by atoms with Gasteiger partial charge in [-0.25, -0.2) is 4.98 Å². The molecule has 1 amide bonds. The van der Waals surface area contributed by atoms with Gasteiger partial charge in [0.25, 0.3) is 5.91 Å². The second-order valence-corrected chi connectivity index (χ2v) is 3.65. The van der Waals surface area contributed by atoms with Crippen molar-refractivity contribution in [2.75, 3.05) is 38.8 Å². The Kier molecular flexibility index (Phi) is 6.75. The Balaban J connectivity index is 2.25. The Bertz CT molecular complexity index is 371. The molecule has 1 aromatic heterocycles. The second-order valence-electron chi connectivity index (χ2n) is 3.65. The molecule has 0 saturated carbocycles. The molecule has 6 heteroatoms. The van der Waals surface area contributed by atoms with Gasteiger partial charge in [-0.05, 0) is 18.6 Å². The van der Waals surface area contributed by atoms with E-state index in [1.54, 1.807) is 25.4 Å². The summed E-state index contributed by atoms with van der Waals surface area (Å²) in [5, 5.41) is 3.06. The number of anilines is 1. The number of hydrogen-bond acceptors (Lipinski definition) is 5. The fourth-order valence-electron chi connectivity index (χ4n) is 1.37. The molecule has 1 heterocycles. The number of primary amides is 1. The molecular weight excluding hydrogens is 234 g/mol. The third-order valence-electron chi connectivity index (χ3n) is 2.26. The highest BCUT2D eigenvalue weighted by Gasteiger charge is 2.07. The molecule has 0 unspecified atom stereocenters. The molecule has 0 aliphatic rings. The highest BCUT2D eigenvalue weighted by Crippen LogP contribution is 2.09. The summed E-state index contributed by atoms with van der Waals surface area (Å²) in [7, 11) is 1.64. The summed E-state index contributed by atoms with van der Waals surface area (Å²) in [6, 6.07) is 3.33. The van der Waals surface area contributed by atoms with Crippen LogP contribution in [0.2, 0.25) is 0 Å². The van der Waals surface area contributed by atoms with Crippen LogP contribution >= 0.6 is 0 Å². The number of carbonyl (C=O) groups excluding carboxylic acids is 1. The van der Waals surface area contributed by atoms with Crippen LogP contribution in [0, 0.1) is 0 Å². The SMILES string of the molecule is COCCOCCCNc1ncccc1C(N)=O. The first-order valence-corrected chi connectivity index (χ1v) is 5.81. The maximum Gasteiger partial charge on any atom is 0.252 e. The monoisotopic (exact) mass is 253 g/mol. The molecule has 0 atom stereocenters. The molecule has 18 heavy (non-hydrogen) atoms. The first-order valence-electron chi connectivity index (χ1n) is 5.81. The van der Waals surface area contributed by atoms with Crippen LogP contribution < -0.4 is 11.1 Å². The molecule has 0 aliphatic heterocycles. The van der Waals surface area contributed by atoms with Crippen LogP contribution in [0.15, 0.2) is 18.3 Å². The van der Waals surface area contributed by atoms with Crippen LogP contribution in [0.5, 0.6) is 0 Å². The van der Waals surface area contributed by atoms with Crippen molar-refractivity contribution in [3.8, 4) is 0 Å². The quantitative estimate of drug-likeness (QED) is 0.631. The largest absolute Gasteiger partial charge is 0.382 e. The van der Waals surface area contributed by atoms with E-state index in [4.69, 9.17) is 15.2 Å². The standard InChI is InChI=1S/C12H19N3O3/c1-17-8-9-18-7-3-6-15-12-10(11(13)16)4-2-5-14-12/h2,4-5H,3,6-9H2,1H3,(H2,13,16)(H,14,15). The molecule has 1 rings (SSSR count). The summed E-state index contributed by atoms with van der Waals surface area (Å²) in [6.45, 7) is 2.49. The van der Waals surface area contributed by atoms with Gasteiger partial charge in [0.05, 0.1) is 18.8 Å². The Hall–Kier alpha value is -1.66. The molecule has 0 fully saturated rings. The lowest BCUT2D eigenvalue weighted by Gasteiger charge is -2.08. The summed E-state index contributed by atoms with van der Waals surface area (Å²) in [6.07, 6.45) is 2.43. The van der Waals surface area contributed by atoms with E-state index in [2.05, 4.69) is 10.3 Å². The van der Waals surface area contributed by atoms with Gasteiger partial charge in [-0.15, -0.1) is 0 Å². The zero-order chi connectivity index (χ0) is 13.2. The van der Waals surface area contributed by atoms with Gasteiger partial charge >= 0.3 is 0 Å². The minimum absolute atomic E-state index is 0.401. The number of hydrogen-bond donors (Lipinski definition) is 2. The Morgan fingerprint density at radius 1 is 1.44 bits per heavy atom. The minimum Gasteiger partial charge on any atom is -0.382 e. The molecule has 100 valence electrons. The number of rotatable bonds is 9. The Morgan fingerprint density at radius 2 is 2.28 bits per heavy atom. The molecule has 0 radical (unpaired) electrons. The number of aromatic nitrogens is 1. The summed E-state index contributed by atoms with van der Waals surface area (Å²) < 4.78 is 10.2. The minimum atomic E-state index is -0.484. The van der Waals surface area contributed by atoms with Crippen LogP contribution in [0.25, 0.3) is 0 Å². The van der Waals surface area contributed by atoms with Gasteiger partial charge in [-0.2, -0.15) is 0 Å². The number of methoxy groups -OCH3 is 1. The average Bonchev–Trinajstić information content (AvgIpc) is 2.38. The Labute approximate surface area is 106 Å². The lowest BCUT2D eigenvalue weighted by molar-refractivity contribution is 0.0705. The van der Waals surface area contributed by atoms with Crippen molar-refractivity contribution in [1.29, 1.82) is 0 Å². The van der Waals surface area contributed by atoms with E-state index in [0.717, 1.165) is 6.42 Å². The predicted molar refractivity (Wildman–Crippen MR) is 68.6 cm³/mol. The number of amides is 1. The van der Waals surface area contributed by atoms with Crippen molar-refractivity contribution in [2.45, 2.75) is 6.42 Å². The third-order valence-corrected chi connectivity index (χ3v) is 2.26. The zero-order valence-corrected chi connectivity index (χ0v) is 10.5. The van der Waals surface area contributed by atoms with Crippen LogP contribution in [0.3, 0.4) is 0 Å². The molecule has 1 aromatic rings. The van der Waals surface area contributed by atoms with Gasteiger partial charge in [0.15, 0.2) is 0 Å². The number of nitrogens with zero attached hydrogens (tertiary/aromatic N) is 1. The Morgan fingerprint density at radius 3 is 3.00 bits per heavy atom. The van der Waals surface area contributed by atoms with Gasteiger partial charge in [0.1, 0.15) is 5.82 Å². The van der Waals surface area contributed by atoms with E-state index in [-0.39, 0.29) is 0 Å². The van der Waals surface area contributed by atoms with E-state index in [1.807, 2.05) is 0 Å². The van der Waals surface area contributed by atoms with Crippen LogP contribution in [-0.2, 0) is 9.47 Å². The van der Waals surface area contributed by atoms with Crippen LogP contribution in [-0.4, -0.2) is 44.4 Å². The number of carbonyl (C=O) groups is 1. The molecule has 0 aliphatic carbocycles. The van der Waals surface area contributed by atoms with Gasteiger partial charge < -0.3 is 20.5 Å². The number of nitrogens with one attached hydrogen (secondary N) is 1. The van der Waals surface area contributed by atoms with Gasteiger partial charge in [-0.3, -0.25) is 4.79 Å². The van der Waals surface area contributed by atoms with Gasteiger partial charge in [-0.1, -0.05) is 0 Å². The van der Waals surface area contributed by atoms with Crippen molar-refractivity contribution in [3.05, 3.63) is 23.9 Å². The van der Waals surface area contributed by atoms with Crippen molar-refractivity contribution in [2.24, 2.45) is 5.73 Å². The van der Waals surface area contributed by atoms with E-state index < -0.39 is 5.91 Å². The van der Waals surface area contributed by atoms with E-state index in [9.17, 15) is 4.79 Å². The molecular formula is C12H19N3O3. The molecule has 0 bridgehead atoms. The zero-order valence-electron chi connectivity index (χ0n) is 10.5.